The van der Waals surface area contributed by atoms with Crippen molar-refractivity contribution >= 4 is 40.0 Å². The van der Waals surface area contributed by atoms with Crippen molar-refractivity contribution in [3.05, 3.63) is 46.6 Å². The molecule has 1 N–H and O–H groups in total. The van der Waals surface area contributed by atoms with Crippen molar-refractivity contribution in [2.24, 2.45) is 0 Å². The summed E-state index contributed by atoms with van der Waals surface area (Å²) in [6.45, 7) is 3.86. The number of anilines is 1. The number of benzene rings is 1. The highest BCUT2D eigenvalue weighted by Gasteiger charge is 2.15. The zero-order chi connectivity index (χ0) is 16.8. The Balaban J connectivity index is 1.91. The van der Waals surface area contributed by atoms with E-state index in [1.54, 1.807) is 32.0 Å². The number of ether oxygens (including phenoxy) is 1. The molecule has 0 saturated carbocycles. The summed E-state index contributed by atoms with van der Waals surface area (Å²) in [7, 11) is 0. The molecule has 1 heterocycles. The first-order chi connectivity index (χ1) is 11.0. The molecule has 0 unspecified atom stereocenters. The molecule has 1 amide bonds. The fourth-order valence-electron chi connectivity index (χ4n) is 1.80. The topological polar surface area (TPSA) is 55.4 Å². The SMILES string of the molecule is CCOC(=O)c1sc(NC(=O)CSc2ccc(F)cc2)cc1C. The molecule has 0 aliphatic heterocycles. The van der Waals surface area contributed by atoms with E-state index in [1.165, 1.54) is 35.2 Å². The van der Waals surface area contributed by atoms with Gasteiger partial charge in [0.05, 0.1) is 17.4 Å². The van der Waals surface area contributed by atoms with Gasteiger partial charge in [-0.2, -0.15) is 0 Å². The maximum Gasteiger partial charge on any atom is 0.348 e. The largest absolute Gasteiger partial charge is 0.462 e. The molecule has 2 rings (SSSR count). The first-order valence-corrected chi connectivity index (χ1v) is 8.75. The van der Waals surface area contributed by atoms with E-state index in [0.29, 0.717) is 16.5 Å². The Hall–Kier alpha value is -1.86. The molecular formula is C16H16FNO3S2. The van der Waals surface area contributed by atoms with Crippen molar-refractivity contribution in [2.75, 3.05) is 17.7 Å². The monoisotopic (exact) mass is 353 g/mol. The number of thiophene rings is 1. The average Bonchev–Trinajstić information content (AvgIpc) is 2.87. The van der Waals surface area contributed by atoms with Crippen LogP contribution in [-0.2, 0) is 9.53 Å². The van der Waals surface area contributed by atoms with E-state index < -0.39 is 0 Å². The Morgan fingerprint density at radius 1 is 1.30 bits per heavy atom. The Morgan fingerprint density at radius 3 is 2.65 bits per heavy atom. The number of halogens is 1. The minimum absolute atomic E-state index is 0.184. The van der Waals surface area contributed by atoms with E-state index in [2.05, 4.69) is 5.32 Å². The number of rotatable bonds is 6. The molecule has 0 radical (unpaired) electrons. The third kappa shape index (κ3) is 5.07. The zero-order valence-electron chi connectivity index (χ0n) is 12.7. The maximum absolute atomic E-state index is 12.8. The van der Waals surface area contributed by atoms with Gasteiger partial charge in [0.25, 0.3) is 0 Å². The van der Waals surface area contributed by atoms with E-state index in [9.17, 15) is 14.0 Å². The van der Waals surface area contributed by atoms with Gasteiger partial charge in [-0.25, -0.2) is 9.18 Å². The fraction of sp³-hybridized carbons (Fsp3) is 0.250. The Kier molecular flexibility index (Phi) is 6.18. The predicted molar refractivity (Wildman–Crippen MR) is 90.8 cm³/mol. The molecule has 0 saturated heterocycles. The Bertz CT molecular complexity index is 698. The highest BCUT2D eigenvalue weighted by atomic mass is 32.2. The lowest BCUT2D eigenvalue weighted by atomic mass is 10.3. The van der Waals surface area contributed by atoms with Crippen LogP contribution in [0.25, 0.3) is 0 Å². The normalized spacial score (nSPS) is 10.4. The van der Waals surface area contributed by atoms with Crippen molar-refractivity contribution in [3.63, 3.8) is 0 Å². The summed E-state index contributed by atoms with van der Waals surface area (Å²) >= 11 is 2.51. The quantitative estimate of drug-likeness (QED) is 0.627. The molecule has 2 aromatic rings. The standard InChI is InChI=1S/C16H16FNO3S2/c1-3-21-16(20)15-10(2)8-14(23-15)18-13(19)9-22-12-6-4-11(17)5-7-12/h4-8H,3,9H2,1-2H3,(H,18,19). The summed E-state index contributed by atoms with van der Waals surface area (Å²) in [5, 5.41) is 3.37. The number of carbonyl (C=O) groups excluding carboxylic acids is 2. The third-order valence-electron chi connectivity index (χ3n) is 2.82. The van der Waals surface area contributed by atoms with Gasteiger partial charge in [0.15, 0.2) is 0 Å². The van der Waals surface area contributed by atoms with E-state index >= 15 is 0 Å². The fourth-order valence-corrected chi connectivity index (χ4v) is 3.48. The van der Waals surface area contributed by atoms with Crippen LogP contribution in [0.2, 0.25) is 0 Å². The molecule has 1 aromatic heterocycles. The van der Waals surface area contributed by atoms with Crippen molar-refractivity contribution < 1.29 is 18.7 Å². The molecule has 0 atom stereocenters. The molecule has 23 heavy (non-hydrogen) atoms. The molecule has 0 aliphatic carbocycles. The number of esters is 1. The van der Waals surface area contributed by atoms with Gasteiger partial charge < -0.3 is 10.1 Å². The van der Waals surface area contributed by atoms with Gasteiger partial charge in [0.1, 0.15) is 10.7 Å². The van der Waals surface area contributed by atoms with Gasteiger partial charge in [-0.1, -0.05) is 0 Å². The number of nitrogens with one attached hydrogen (secondary N) is 1. The van der Waals surface area contributed by atoms with Gasteiger partial charge in [-0.05, 0) is 49.7 Å². The van der Waals surface area contributed by atoms with E-state index in [1.807, 2.05) is 0 Å². The van der Waals surface area contributed by atoms with Crippen LogP contribution >= 0.6 is 23.1 Å². The van der Waals surface area contributed by atoms with E-state index in [-0.39, 0.29) is 23.4 Å². The summed E-state index contributed by atoms with van der Waals surface area (Å²) in [6.07, 6.45) is 0. The second-order valence-electron chi connectivity index (χ2n) is 4.63. The summed E-state index contributed by atoms with van der Waals surface area (Å²) in [4.78, 5) is 25.0. The van der Waals surface area contributed by atoms with Crippen LogP contribution in [-0.4, -0.2) is 24.2 Å². The summed E-state index contributed by atoms with van der Waals surface area (Å²) in [5.41, 5.74) is 0.773. The van der Waals surface area contributed by atoms with Crippen LogP contribution in [0.5, 0.6) is 0 Å². The summed E-state index contributed by atoms with van der Waals surface area (Å²) in [5.74, 6) is -0.663. The van der Waals surface area contributed by atoms with Crippen LogP contribution in [0, 0.1) is 12.7 Å². The molecule has 0 spiro atoms. The van der Waals surface area contributed by atoms with Gasteiger partial charge in [-0.15, -0.1) is 23.1 Å². The second kappa shape index (κ2) is 8.12. The number of aryl methyl sites for hydroxylation is 1. The zero-order valence-corrected chi connectivity index (χ0v) is 14.4. The van der Waals surface area contributed by atoms with Gasteiger partial charge in [0.2, 0.25) is 5.91 Å². The van der Waals surface area contributed by atoms with Crippen LogP contribution in [0.3, 0.4) is 0 Å². The number of amides is 1. The number of carbonyl (C=O) groups is 2. The minimum Gasteiger partial charge on any atom is -0.462 e. The van der Waals surface area contributed by atoms with Crippen LogP contribution in [0.1, 0.15) is 22.2 Å². The highest BCUT2D eigenvalue weighted by molar-refractivity contribution is 8.00. The van der Waals surface area contributed by atoms with Crippen LogP contribution in [0.4, 0.5) is 9.39 Å². The molecule has 0 fully saturated rings. The number of hydrogen-bond acceptors (Lipinski definition) is 5. The lowest BCUT2D eigenvalue weighted by Crippen LogP contribution is -2.12. The summed E-state index contributed by atoms with van der Waals surface area (Å²) < 4.78 is 17.8. The van der Waals surface area contributed by atoms with Gasteiger partial charge >= 0.3 is 5.97 Å². The van der Waals surface area contributed by atoms with E-state index in [4.69, 9.17) is 4.74 Å². The molecule has 1 aromatic carbocycles. The molecule has 7 heteroatoms. The second-order valence-corrected chi connectivity index (χ2v) is 6.73. The smallest absolute Gasteiger partial charge is 0.348 e. The van der Waals surface area contributed by atoms with Crippen LogP contribution in [0.15, 0.2) is 35.2 Å². The van der Waals surface area contributed by atoms with Crippen LogP contribution < -0.4 is 5.32 Å². The van der Waals surface area contributed by atoms with Crippen molar-refractivity contribution in [1.29, 1.82) is 0 Å². The summed E-state index contributed by atoms with van der Waals surface area (Å²) in [6, 6.07) is 7.71. The third-order valence-corrected chi connectivity index (χ3v) is 4.97. The van der Waals surface area contributed by atoms with E-state index in [0.717, 1.165) is 10.5 Å². The lowest BCUT2D eigenvalue weighted by Gasteiger charge is -2.03. The lowest BCUT2D eigenvalue weighted by molar-refractivity contribution is -0.113. The Morgan fingerprint density at radius 2 is 2.00 bits per heavy atom. The molecular weight excluding hydrogens is 337 g/mol. The Labute approximate surface area is 142 Å². The molecule has 122 valence electrons. The molecule has 4 nitrogen and oxygen atoms in total. The number of hydrogen-bond donors (Lipinski definition) is 1. The number of thioether (sulfide) groups is 1. The molecule has 0 aliphatic rings. The first kappa shape index (κ1) is 17.5. The minimum atomic E-state index is -0.379. The average molecular weight is 353 g/mol. The highest BCUT2D eigenvalue weighted by Crippen LogP contribution is 2.28. The van der Waals surface area contributed by atoms with Gasteiger partial charge in [0, 0.05) is 4.90 Å². The molecule has 0 bridgehead atoms. The van der Waals surface area contributed by atoms with Crippen molar-refractivity contribution in [3.8, 4) is 0 Å². The van der Waals surface area contributed by atoms with Gasteiger partial charge in [-0.3, -0.25) is 4.79 Å². The predicted octanol–water partition coefficient (Wildman–Crippen LogP) is 4.10. The first-order valence-electron chi connectivity index (χ1n) is 6.95. The maximum atomic E-state index is 12.8. The van der Waals surface area contributed by atoms with Crippen molar-refractivity contribution in [1.82, 2.24) is 0 Å². The van der Waals surface area contributed by atoms with Crippen molar-refractivity contribution in [2.45, 2.75) is 18.7 Å².